The SMILES string of the molecule is c1ccc(-c2cc3ccc4cccc5c4c3c(c2)n5-c2cc(-n3c4cccc5ccc6cc(-c7ccccc7)cc3c6c54)cc(-n3c4cccc5ccc6cc(-c7ccccc7)cc3c6c54)c2)cc1. The maximum atomic E-state index is 2.55. The van der Waals surface area contributed by atoms with Crippen molar-refractivity contribution in [2.24, 2.45) is 0 Å². The molecular weight excluding hydrogens is 835 g/mol. The Balaban J connectivity index is 1.08. The van der Waals surface area contributed by atoms with Crippen LogP contribution in [0.15, 0.2) is 237 Å². The first kappa shape index (κ1) is 37.0. The van der Waals surface area contributed by atoms with Crippen molar-refractivity contribution in [2.75, 3.05) is 0 Å². The van der Waals surface area contributed by atoms with Crippen LogP contribution in [0.5, 0.6) is 0 Å². The third kappa shape index (κ3) is 5.16. The molecule has 13 aromatic carbocycles. The molecule has 0 N–H and O–H groups in total. The molecular formula is C66H39N3. The monoisotopic (exact) mass is 873 g/mol. The highest BCUT2D eigenvalue weighted by molar-refractivity contribution is 6.27. The number of hydrogen-bond acceptors (Lipinski definition) is 0. The lowest BCUT2D eigenvalue weighted by Gasteiger charge is -2.18. The maximum absolute atomic E-state index is 2.55. The van der Waals surface area contributed by atoms with E-state index in [-0.39, 0.29) is 0 Å². The van der Waals surface area contributed by atoms with Crippen LogP contribution in [-0.4, -0.2) is 13.7 Å². The van der Waals surface area contributed by atoms with Crippen molar-refractivity contribution in [1.29, 1.82) is 0 Å². The summed E-state index contributed by atoms with van der Waals surface area (Å²) in [6, 6.07) is 88.4. The summed E-state index contributed by atoms with van der Waals surface area (Å²) in [5.74, 6) is 0. The van der Waals surface area contributed by atoms with E-state index >= 15 is 0 Å². The van der Waals surface area contributed by atoms with Crippen molar-refractivity contribution in [3.63, 3.8) is 0 Å². The summed E-state index contributed by atoms with van der Waals surface area (Å²) in [5.41, 5.74) is 17.7. The summed E-state index contributed by atoms with van der Waals surface area (Å²) in [6.45, 7) is 0. The fourth-order valence-electron chi connectivity index (χ4n) is 12.3. The van der Waals surface area contributed by atoms with Crippen LogP contribution < -0.4 is 0 Å². The van der Waals surface area contributed by atoms with Crippen molar-refractivity contribution in [3.05, 3.63) is 237 Å². The first-order valence-corrected chi connectivity index (χ1v) is 23.9. The number of nitrogens with zero attached hydrogens (tertiary/aromatic N) is 3. The van der Waals surface area contributed by atoms with E-state index in [1.165, 1.54) is 131 Å². The minimum atomic E-state index is 1.11. The molecule has 0 aliphatic rings. The van der Waals surface area contributed by atoms with Crippen molar-refractivity contribution >= 4 is 97.7 Å². The predicted molar refractivity (Wildman–Crippen MR) is 292 cm³/mol. The third-order valence-corrected chi connectivity index (χ3v) is 15.2. The topological polar surface area (TPSA) is 14.8 Å². The second-order valence-electron chi connectivity index (χ2n) is 18.9. The average molecular weight is 874 g/mol. The molecule has 0 spiro atoms. The van der Waals surface area contributed by atoms with Gasteiger partial charge in [-0.2, -0.15) is 0 Å². The standard InChI is InChI=1S/C66H39N3/c1-4-13-40(14-5-1)49-31-46-28-25-43-19-10-22-55-61(43)64(46)58(34-49)67(55)52-37-53(68-56-23-11-20-44-26-29-47-32-50(41-15-6-2-7-16-41)35-59(68)65(47)62(44)56)39-54(38-52)69-57-24-12-21-45-27-30-48-33-51(42-17-8-3-9-18-42)36-60(69)66(48)63(45)57/h1-39H. The smallest absolute Gasteiger partial charge is 0.0553 e. The molecule has 16 aromatic rings. The molecule has 0 aliphatic heterocycles. The van der Waals surface area contributed by atoms with E-state index in [0.717, 1.165) is 17.1 Å². The van der Waals surface area contributed by atoms with E-state index in [0.29, 0.717) is 0 Å². The Morgan fingerprint density at radius 2 is 0.449 bits per heavy atom. The largest absolute Gasteiger partial charge is 0.309 e. The summed E-state index contributed by atoms with van der Waals surface area (Å²) in [7, 11) is 0. The second-order valence-corrected chi connectivity index (χ2v) is 18.9. The minimum Gasteiger partial charge on any atom is -0.309 e. The zero-order valence-electron chi connectivity index (χ0n) is 37.4. The van der Waals surface area contributed by atoms with Gasteiger partial charge in [-0.1, -0.05) is 164 Å². The molecule has 3 heteroatoms. The third-order valence-electron chi connectivity index (χ3n) is 15.2. The summed E-state index contributed by atoms with van der Waals surface area (Å²) in [5, 5.41) is 15.2. The Kier molecular flexibility index (Phi) is 7.34. The summed E-state index contributed by atoms with van der Waals surface area (Å²) < 4.78 is 7.64. The van der Waals surface area contributed by atoms with Crippen LogP contribution in [0.1, 0.15) is 0 Å². The Morgan fingerprint density at radius 1 is 0.174 bits per heavy atom. The fourth-order valence-corrected chi connectivity index (χ4v) is 12.3. The van der Waals surface area contributed by atoms with Crippen molar-refractivity contribution < 1.29 is 0 Å². The molecule has 16 rings (SSSR count). The van der Waals surface area contributed by atoms with Gasteiger partial charge in [-0.3, -0.25) is 0 Å². The maximum Gasteiger partial charge on any atom is 0.0553 e. The van der Waals surface area contributed by atoms with Crippen LogP contribution in [0.4, 0.5) is 0 Å². The molecule has 0 saturated heterocycles. The van der Waals surface area contributed by atoms with Crippen LogP contribution in [-0.2, 0) is 0 Å². The quantitative estimate of drug-likeness (QED) is 0.148. The molecule has 318 valence electrons. The number of benzene rings is 13. The molecule has 0 amide bonds. The van der Waals surface area contributed by atoms with E-state index in [4.69, 9.17) is 0 Å². The fraction of sp³-hybridized carbons (Fsp3) is 0. The molecule has 3 heterocycles. The highest BCUT2D eigenvalue weighted by Crippen LogP contribution is 2.47. The summed E-state index contributed by atoms with van der Waals surface area (Å²) in [4.78, 5) is 0. The van der Waals surface area contributed by atoms with Crippen molar-refractivity contribution in [3.8, 4) is 50.4 Å². The number of hydrogen-bond donors (Lipinski definition) is 0. The van der Waals surface area contributed by atoms with Gasteiger partial charge in [-0.15, -0.1) is 0 Å². The zero-order chi connectivity index (χ0) is 44.9. The van der Waals surface area contributed by atoms with Gasteiger partial charge in [0, 0.05) is 32.3 Å². The van der Waals surface area contributed by atoms with Gasteiger partial charge in [0.25, 0.3) is 0 Å². The Labute approximate surface area is 396 Å². The van der Waals surface area contributed by atoms with Gasteiger partial charge in [-0.05, 0) is 138 Å². The molecule has 69 heavy (non-hydrogen) atoms. The van der Waals surface area contributed by atoms with Gasteiger partial charge in [0.05, 0.1) is 50.2 Å². The predicted octanol–water partition coefficient (Wildman–Crippen LogP) is 17.8. The zero-order valence-corrected chi connectivity index (χ0v) is 37.4. The molecule has 0 atom stereocenters. The molecule has 0 radical (unpaired) electrons. The van der Waals surface area contributed by atoms with E-state index in [2.05, 4.69) is 250 Å². The molecule has 0 fully saturated rings. The lowest BCUT2D eigenvalue weighted by molar-refractivity contribution is 1.10. The van der Waals surface area contributed by atoms with Gasteiger partial charge < -0.3 is 13.7 Å². The van der Waals surface area contributed by atoms with Crippen LogP contribution in [0.2, 0.25) is 0 Å². The lowest BCUT2D eigenvalue weighted by atomic mass is 9.97. The van der Waals surface area contributed by atoms with Gasteiger partial charge in [0.15, 0.2) is 0 Å². The molecule has 0 bridgehead atoms. The Morgan fingerprint density at radius 3 is 0.754 bits per heavy atom. The van der Waals surface area contributed by atoms with E-state index in [9.17, 15) is 0 Å². The number of rotatable bonds is 6. The average Bonchev–Trinajstić information content (AvgIpc) is 4.07. The minimum absolute atomic E-state index is 1.11. The van der Waals surface area contributed by atoms with Crippen LogP contribution in [0.25, 0.3) is 148 Å². The van der Waals surface area contributed by atoms with Gasteiger partial charge in [0.1, 0.15) is 0 Å². The van der Waals surface area contributed by atoms with Gasteiger partial charge in [0.2, 0.25) is 0 Å². The van der Waals surface area contributed by atoms with Crippen LogP contribution in [0, 0.1) is 0 Å². The first-order valence-electron chi connectivity index (χ1n) is 23.9. The highest BCUT2D eigenvalue weighted by atomic mass is 15.0. The first-order chi connectivity index (χ1) is 34.2. The molecule has 3 nitrogen and oxygen atoms in total. The van der Waals surface area contributed by atoms with Crippen molar-refractivity contribution in [2.45, 2.75) is 0 Å². The highest BCUT2D eigenvalue weighted by Gasteiger charge is 2.24. The summed E-state index contributed by atoms with van der Waals surface area (Å²) in [6.07, 6.45) is 0. The van der Waals surface area contributed by atoms with Gasteiger partial charge >= 0.3 is 0 Å². The van der Waals surface area contributed by atoms with Gasteiger partial charge in [-0.25, -0.2) is 0 Å². The second kappa shape index (κ2) is 13.7. The normalized spacial score (nSPS) is 12.3. The molecule has 0 aliphatic carbocycles. The molecule has 0 saturated carbocycles. The van der Waals surface area contributed by atoms with Crippen LogP contribution in [0.3, 0.4) is 0 Å². The Bertz CT molecular complexity index is 4200. The van der Waals surface area contributed by atoms with Crippen LogP contribution >= 0.6 is 0 Å². The van der Waals surface area contributed by atoms with E-state index < -0.39 is 0 Å². The van der Waals surface area contributed by atoms with E-state index in [1.54, 1.807) is 0 Å². The number of aromatic nitrogens is 3. The molecule has 0 unspecified atom stereocenters. The van der Waals surface area contributed by atoms with Crippen molar-refractivity contribution in [1.82, 2.24) is 13.7 Å². The van der Waals surface area contributed by atoms with E-state index in [1.807, 2.05) is 0 Å². The Hall–Kier alpha value is -9.18. The summed E-state index contributed by atoms with van der Waals surface area (Å²) >= 11 is 0. The molecule has 3 aromatic heterocycles. The lowest BCUT2D eigenvalue weighted by Crippen LogP contribution is -2.03.